The Morgan fingerprint density at radius 2 is 1.59 bits per heavy atom. The average Bonchev–Trinajstić information content (AvgIpc) is 2.72. The van der Waals surface area contributed by atoms with Gasteiger partial charge in [-0.1, -0.05) is 48.5 Å². The predicted octanol–water partition coefficient (Wildman–Crippen LogP) is 3.11. The van der Waals surface area contributed by atoms with Gasteiger partial charge >= 0.3 is 0 Å². The number of H-pyrrole nitrogens is 1. The summed E-state index contributed by atoms with van der Waals surface area (Å²) in [5.74, 6) is 0. The number of fused-ring (bicyclic) bond motifs is 2. The van der Waals surface area contributed by atoms with Crippen molar-refractivity contribution in [2.75, 3.05) is 18.5 Å². The van der Waals surface area contributed by atoms with Gasteiger partial charge in [0.1, 0.15) is 0 Å². The van der Waals surface area contributed by atoms with Crippen LogP contribution in [0.2, 0.25) is 0 Å². The summed E-state index contributed by atoms with van der Waals surface area (Å²) in [6, 6.07) is 21.1. The van der Waals surface area contributed by atoms with E-state index in [9.17, 15) is 9.90 Å². The van der Waals surface area contributed by atoms with Crippen molar-refractivity contribution < 1.29 is 10.2 Å². The monoisotopic (exact) mass is 360 g/mol. The lowest BCUT2D eigenvalue weighted by Crippen LogP contribution is -2.23. The number of aliphatic hydroxyl groups is 2. The topological polar surface area (TPSA) is 85.3 Å². The molecule has 3 aromatic carbocycles. The Kier molecular flexibility index (Phi) is 4.62. The molecule has 1 atom stereocenters. The number of hydrogen-bond acceptors (Lipinski definition) is 4. The van der Waals surface area contributed by atoms with Crippen molar-refractivity contribution >= 4 is 27.5 Å². The van der Waals surface area contributed by atoms with Gasteiger partial charge < -0.3 is 20.5 Å². The molecule has 1 unspecified atom stereocenters. The Bertz CT molecular complexity index is 1150. The van der Waals surface area contributed by atoms with E-state index >= 15 is 0 Å². The molecule has 4 N–H and O–H groups in total. The highest BCUT2D eigenvalue weighted by Crippen LogP contribution is 2.29. The summed E-state index contributed by atoms with van der Waals surface area (Å²) in [6.45, 7) is -0.134. The van der Waals surface area contributed by atoms with Gasteiger partial charge in [-0.2, -0.15) is 0 Å². The van der Waals surface area contributed by atoms with E-state index in [0.717, 1.165) is 16.6 Å². The summed E-state index contributed by atoms with van der Waals surface area (Å²) in [5.41, 5.74) is 4.11. The van der Waals surface area contributed by atoms with Crippen LogP contribution in [-0.2, 0) is 0 Å². The fourth-order valence-electron chi connectivity index (χ4n) is 3.32. The molecule has 27 heavy (non-hydrogen) atoms. The van der Waals surface area contributed by atoms with Gasteiger partial charge in [0.05, 0.1) is 29.4 Å². The third-order valence-corrected chi connectivity index (χ3v) is 4.69. The Balaban J connectivity index is 1.96. The standard InChI is InChI=1S/C22H20N2O3/c25-13-15(26)12-23-19-11-5-10-18-21(19)24-20-16(14-6-2-1-3-7-14)8-4-9-17(20)22(18)27/h1-11,15,23,25-26H,12-13H2,(H,24,27). The molecular weight excluding hydrogens is 340 g/mol. The lowest BCUT2D eigenvalue weighted by molar-refractivity contribution is 0.105. The fourth-order valence-corrected chi connectivity index (χ4v) is 3.32. The van der Waals surface area contributed by atoms with Crippen molar-refractivity contribution in [3.63, 3.8) is 0 Å². The minimum Gasteiger partial charge on any atom is -0.394 e. The molecule has 4 aromatic rings. The number of anilines is 1. The quantitative estimate of drug-likeness (QED) is 0.412. The second-order valence-corrected chi connectivity index (χ2v) is 6.49. The second kappa shape index (κ2) is 7.23. The largest absolute Gasteiger partial charge is 0.394 e. The minimum absolute atomic E-state index is 0.0390. The molecule has 0 spiro atoms. The Morgan fingerprint density at radius 1 is 0.889 bits per heavy atom. The molecule has 0 fully saturated rings. The van der Waals surface area contributed by atoms with Gasteiger partial charge in [-0.05, 0) is 23.8 Å². The highest BCUT2D eigenvalue weighted by Gasteiger charge is 2.12. The molecule has 0 bridgehead atoms. The zero-order chi connectivity index (χ0) is 18.8. The zero-order valence-electron chi connectivity index (χ0n) is 14.6. The number of aromatic nitrogens is 1. The maximum Gasteiger partial charge on any atom is 0.197 e. The van der Waals surface area contributed by atoms with Gasteiger partial charge in [-0.3, -0.25) is 4.79 Å². The van der Waals surface area contributed by atoms with Gasteiger partial charge in [0, 0.05) is 22.9 Å². The van der Waals surface area contributed by atoms with E-state index in [1.165, 1.54) is 0 Å². The number of aliphatic hydroxyl groups excluding tert-OH is 2. The van der Waals surface area contributed by atoms with Crippen LogP contribution in [0.4, 0.5) is 5.69 Å². The molecule has 1 aromatic heterocycles. The molecular formula is C22H20N2O3. The number of pyridine rings is 1. The summed E-state index contributed by atoms with van der Waals surface area (Å²) in [6.07, 6.45) is -0.868. The van der Waals surface area contributed by atoms with Crippen molar-refractivity contribution in [3.05, 3.63) is 77.0 Å². The fraction of sp³-hybridized carbons (Fsp3) is 0.136. The third kappa shape index (κ3) is 3.18. The second-order valence-electron chi connectivity index (χ2n) is 6.49. The van der Waals surface area contributed by atoms with Gasteiger partial charge in [0.25, 0.3) is 0 Å². The molecule has 0 saturated carbocycles. The lowest BCUT2D eigenvalue weighted by Gasteiger charge is -2.14. The molecule has 0 radical (unpaired) electrons. The molecule has 0 saturated heterocycles. The Labute approximate surface area is 155 Å². The molecule has 0 amide bonds. The van der Waals surface area contributed by atoms with Crippen molar-refractivity contribution in [2.45, 2.75) is 6.10 Å². The first-order chi connectivity index (χ1) is 13.2. The van der Waals surface area contributed by atoms with Crippen LogP contribution in [0.15, 0.2) is 71.5 Å². The van der Waals surface area contributed by atoms with Crippen LogP contribution in [-0.4, -0.2) is 34.5 Å². The highest BCUT2D eigenvalue weighted by molar-refractivity contribution is 6.03. The number of rotatable bonds is 5. The SMILES string of the molecule is O=c1c2cccc(NCC(O)CO)c2[nH]c2c(-c3ccccc3)cccc12. The Morgan fingerprint density at radius 3 is 2.33 bits per heavy atom. The number of benzene rings is 3. The van der Waals surface area contributed by atoms with E-state index in [1.54, 1.807) is 12.1 Å². The third-order valence-electron chi connectivity index (χ3n) is 4.69. The number of hydrogen-bond donors (Lipinski definition) is 4. The Hall–Kier alpha value is -3.15. The van der Waals surface area contributed by atoms with Crippen LogP contribution in [0, 0.1) is 0 Å². The zero-order valence-corrected chi connectivity index (χ0v) is 14.6. The van der Waals surface area contributed by atoms with Gasteiger partial charge in [0.2, 0.25) is 0 Å². The lowest BCUT2D eigenvalue weighted by atomic mass is 10.0. The molecule has 4 rings (SSSR count). The van der Waals surface area contributed by atoms with Gasteiger partial charge in [0.15, 0.2) is 5.43 Å². The number of aromatic amines is 1. The summed E-state index contributed by atoms with van der Waals surface area (Å²) in [5, 5.41) is 23.0. The average molecular weight is 360 g/mol. The van der Waals surface area contributed by atoms with E-state index in [1.807, 2.05) is 54.6 Å². The summed E-state index contributed by atoms with van der Waals surface area (Å²) < 4.78 is 0. The van der Waals surface area contributed by atoms with E-state index in [4.69, 9.17) is 5.11 Å². The molecule has 0 aliphatic carbocycles. The first kappa shape index (κ1) is 17.3. The minimum atomic E-state index is -0.868. The van der Waals surface area contributed by atoms with Crippen LogP contribution in [0.5, 0.6) is 0 Å². The summed E-state index contributed by atoms with van der Waals surface area (Å²) in [4.78, 5) is 16.5. The van der Waals surface area contributed by atoms with Crippen molar-refractivity contribution in [1.29, 1.82) is 0 Å². The van der Waals surface area contributed by atoms with Gasteiger partial charge in [-0.25, -0.2) is 0 Å². The highest BCUT2D eigenvalue weighted by atomic mass is 16.3. The normalized spacial score (nSPS) is 12.4. The van der Waals surface area contributed by atoms with Crippen LogP contribution < -0.4 is 10.7 Å². The number of nitrogens with one attached hydrogen (secondary N) is 2. The van der Waals surface area contributed by atoms with Gasteiger partial charge in [-0.15, -0.1) is 0 Å². The molecule has 5 nitrogen and oxygen atoms in total. The van der Waals surface area contributed by atoms with Crippen LogP contribution >= 0.6 is 0 Å². The van der Waals surface area contributed by atoms with Crippen LogP contribution in [0.25, 0.3) is 32.9 Å². The molecule has 1 heterocycles. The van der Waals surface area contributed by atoms with Crippen molar-refractivity contribution in [3.8, 4) is 11.1 Å². The summed E-state index contributed by atoms with van der Waals surface area (Å²) >= 11 is 0. The van der Waals surface area contributed by atoms with E-state index in [0.29, 0.717) is 22.0 Å². The summed E-state index contributed by atoms with van der Waals surface area (Å²) in [7, 11) is 0. The smallest absolute Gasteiger partial charge is 0.197 e. The predicted molar refractivity (Wildman–Crippen MR) is 109 cm³/mol. The first-order valence-electron chi connectivity index (χ1n) is 8.85. The number of para-hydroxylation sites is 2. The molecule has 0 aliphatic rings. The first-order valence-corrected chi connectivity index (χ1v) is 8.85. The van der Waals surface area contributed by atoms with Crippen LogP contribution in [0.3, 0.4) is 0 Å². The maximum absolute atomic E-state index is 13.1. The molecule has 5 heteroatoms. The molecule has 0 aliphatic heterocycles. The van der Waals surface area contributed by atoms with Crippen molar-refractivity contribution in [1.82, 2.24) is 4.98 Å². The van der Waals surface area contributed by atoms with E-state index < -0.39 is 6.10 Å². The van der Waals surface area contributed by atoms with Crippen molar-refractivity contribution in [2.24, 2.45) is 0 Å². The van der Waals surface area contributed by atoms with E-state index in [2.05, 4.69) is 10.3 Å². The maximum atomic E-state index is 13.1. The van der Waals surface area contributed by atoms with E-state index in [-0.39, 0.29) is 18.6 Å². The van der Waals surface area contributed by atoms with Crippen LogP contribution in [0.1, 0.15) is 0 Å². The molecule has 136 valence electrons.